The third kappa shape index (κ3) is 3.85. The van der Waals surface area contributed by atoms with Gasteiger partial charge in [0, 0.05) is 16.1 Å². The molecule has 2 aromatic rings. The van der Waals surface area contributed by atoms with Crippen LogP contribution in [0.5, 0.6) is 0 Å². The highest BCUT2D eigenvalue weighted by molar-refractivity contribution is 6.37. The van der Waals surface area contributed by atoms with E-state index in [0.717, 1.165) is 36.8 Å². The molecule has 1 fully saturated rings. The molecular formula is C19H20Cl2N2O. The Morgan fingerprint density at radius 3 is 2.42 bits per heavy atom. The van der Waals surface area contributed by atoms with Gasteiger partial charge in [-0.3, -0.25) is 0 Å². The van der Waals surface area contributed by atoms with Crippen LogP contribution < -0.4 is 10.6 Å². The molecule has 126 valence electrons. The molecule has 0 spiro atoms. The maximum atomic E-state index is 12.5. The van der Waals surface area contributed by atoms with Crippen molar-refractivity contribution in [2.75, 3.05) is 5.32 Å². The van der Waals surface area contributed by atoms with Crippen molar-refractivity contribution in [3.05, 3.63) is 52.5 Å². The first-order chi connectivity index (χ1) is 11.5. The zero-order chi connectivity index (χ0) is 17.2. The van der Waals surface area contributed by atoms with Crippen molar-refractivity contribution in [2.24, 2.45) is 0 Å². The molecule has 0 unspecified atom stereocenters. The van der Waals surface area contributed by atoms with Crippen LogP contribution in [0.3, 0.4) is 0 Å². The van der Waals surface area contributed by atoms with Crippen molar-refractivity contribution in [2.45, 2.75) is 38.1 Å². The van der Waals surface area contributed by atoms with E-state index in [4.69, 9.17) is 23.2 Å². The van der Waals surface area contributed by atoms with Crippen LogP contribution >= 0.6 is 23.2 Å². The second kappa shape index (κ2) is 7.04. The lowest BCUT2D eigenvalue weighted by Crippen LogP contribution is -2.45. The van der Waals surface area contributed by atoms with Gasteiger partial charge >= 0.3 is 6.03 Å². The van der Waals surface area contributed by atoms with Gasteiger partial charge in [0.2, 0.25) is 0 Å². The number of hydrogen-bond donors (Lipinski definition) is 2. The van der Waals surface area contributed by atoms with E-state index in [2.05, 4.69) is 17.6 Å². The highest BCUT2D eigenvalue weighted by Gasteiger charge is 2.30. The maximum absolute atomic E-state index is 12.5. The molecule has 2 amide bonds. The minimum absolute atomic E-state index is 0.140. The lowest BCUT2D eigenvalue weighted by atomic mass is 10.0. The number of benzene rings is 2. The van der Waals surface area contributed by atoms with Crippen LogP contribution in [0.1, 0.15) is 32.6 Å². The van der Waals surface area contributed by atoms with Crippen molar-refractivity contribution in [3.63, 3.8) is 0 Å². The van der Waals surface area contributed by atoms with Gasteiger partial charge in [0.25, 0.3) is 0 Å². The summed E-state index contributed by atoms with van der Waals surface area (Å²) in [7, 11) is 0. The molecule has 0 radical (unpaired) electrons. The van der Waals surface area contributed by atoms with E-state index < -0.39 is 0 Å². The fraction of sp³-hybridized carbons (Fsp3) is 0.316. The van der Waals surface area contributed by atoms with Crippen LogP contribution in [0.25, 0.3) is 11.1 Å². The molecule has 0 aliphatic heterocycles. The predicted octanol–water partition coefficient (Wildman–Crippen LogP) is 6.11. The first-order valence-corrected chi connectivity index (χ1v) is 8.86. The quantitative estimate of drug-likeness (QED) is 0.678. The number of amides is 2. The summed E-state index contributed by atoms with van der Waals surface area (Å²) >= 11 is 12.5. The normalized spacial score (nSPS) is 16.0. The SMILES string of the molecule is CC1(NC(=O)Nc2cc(Cl)cc(Cl)c2-c2ccccc2)CCCC1. The van der Waals surface area contributed by atoms with Gasteiger partial charge in [-0.05, 0) is 37.5 Å². The van der Waals surface area contributed by atoms with Crippen LogP contribution in [0.4, 0.5) is 10.5 Å². The second-order valence-electron chi connectivity index (χ2n) is 6.52. The van der Waals surface area contributed by atoms with Gasteiger partial charge in [0.05, 0.1) is 10.7 Å². The Labute approximate surface area is 152 Å². The lowest BCUT2D eigenvalue weighted by Gasteiger charge is -2.26. The Bertz CT molecular complexity index is 741. The third-order valence-electron chi connectivity index (χ3n) is 4.49. The monoisotopic (exact) mass is 362 g/mol. The molecule has 2 N–H and O–H groups in total. The minimum Gasteiger partial charge on any atom is -0.333 e. The zero-order valence-electron chi connectivity index (χ0n) is 13.5. The molecular weight excluding hydrogens is 343 g/mol. The van der Waals surface area contributed by atoms with Gasteiger partial charge in [0.15, 0.2) is 0 Å². The Hall–Kier alpha value is -1.71. The average molecular weight is 363 g/mol. The fourth-order valence-electron chi connectivity index (χ4n) is 3.28. The molecule has 1 aliphatic rings. The summed E-state index contributed by atoms with van der Waals surface area (Å²) < 4.78 is 0. The van der Waals surface area contributed by atoms with E-state index in [1.807, 2.05) is 30.3 Å². The van der Waals surface area contributed by atoms with Crippen LogP contribution in [0, 0.1) is 0 Å². The van der Waals surface area contributed by atoms with E-state index >= 15 is 0 Å². The fourth-order valence-corrected chi connectivity index (χ4v) is 3.88. The van der Waals surface area contributed by atoms with Crippen molar-refractivity contribution in [1.29, 1.82) is 0 Å². The van der Waals surface area contributed by atoms with Crippen molar-refractivity contribution in [1.82, 2.24) is 5.32 Å². The zero-order valence-corrected chi connectivity index (χ0v) is 15.0. The summed E-state index contributed by atoms with van der Waals surface area (Å²) in [6, 6.07) is 12.9. The Morgan fingerprint density at radius 2 is 1.75 bits per heavy atom. The molecule has 0 atom stereocenters. The van der Waals surface area contributed by atoms with E-state index in [-0.39, 0.29) is 11.6 Å². The van der Waals surface area contributed by atoms with E-state index in [1.54, 1.807) is 12.1 Å². The van der Waals surface area contributed by atoms with Gasteiger partial charge in [-0.2, -0.15) is 0 Å². The molecule has 1 aliphatic carbocycles. The van der Waals surface area contributed by atoms with Crippen LogP contribution in [-0.4, -0.2) is 11.6 Å². The summed E-state index contributed by atoms with van der Waals surface area (Å²) in [6.07, 6.45) is 4.30. The van der Waals surface area contributed by atoms with E-state index in [9.17, 15) is 4.79 Å². The topological polar surface area (TPSA) is 41.1 Å². The Morgan fingerprint density at radius 1 is 1.08 bits per heavy atom. The van der Waals surface area contributed by atoms with Crippen molar-refractivity contribution in [3.8, 4) is 11.1 Å². The largest absolute Gasteiger partial charge is 0.333 e. The minimum atomic E-state index is -0.227. The highest BCUT2D eigenvalue weighted by Crippen LogP contribution is 2.37. The molecule has 0 saturated heterocycles. The summed E-state index contributed by atoms with van der Waals surface area (Å²) in [5, 5.41) is 7.01. The summed E-state index contributed by atoms with van der Waals surface area (Å²) in [5.41, 5.74) is 2.17. The number of nitrogens with one attached hydrogen (secondary N) is 2. The number of hydrogen-bond acceptors (Lipinski definition) is 1. The smallest absolute Gasteiger partial charge is 0.319 e. The summed E-state index contributed by atoms with van der Waals surface area (Å²) in [6.45, 7) is 2.09. The Kier molecular flexibility index (Phi) is 5.02. The first kappa shape index (κ1) is 17.1. The van der Waals surface area contributed by atoms with Crippen LogP contribution in [0.15, 0.2) is 42.5 Å². The van der Waals surface area contributed by atoms with Gasteiger partial charge in [-0.15, -0.1) is 0 Å². The van der Waals surface area contributed by atoms with Crippen molar-refractivity contribution < 1.29 is 4.79 Å². The third-order valence-corrected chi connectivity index (χ3v) is 5.00. The van der Waals surface area contributed by atoms with Gasteiger partial charge < -0.3 is 10.6 Å². The van der Waals surface area contributed by atoms with Crippen molar-refractivity contribution >= 4 is 34.9 Å². The maximum Gasteiger partial charge on any atom is 0.319 e. The van der Waals surface area contributed by atoms with Crippen LogP contribution in [0.2, 0.25) is 10.0 Å². The standard InChI is InChI=1S/C19H20Cl2N2O/c1-19(9-5-6-10-19)23-18(24)22-16-12-14(20)11-15(21)17(16)13-7-3-2-4-8-13/h2-4,7-8,11-12H,5-6,9-10H2,1H3,(H2,22,23,24). The predicted molar refractivity (Wildman–Crippen MR) is 101 cm³/mol. The first-order valence-electron chi connectivity index (χ1n) is 8.10. The number of rotatable bonds is 3. The van der Waals surface area contributed by atoms with Gasteiger partial charge in [0.1, 0.15) is 0 Å². The molecule has 1 saturated carbocycles. The van der Waals surface area contributed by atoms with Gasteiger partial charge in [-0.1, -0.05) is 66.4 Å². The van der Waals surface area contributed by atoms with Crippen LogP contribution in [-0.2, 0) is 0 Å². The molecule has 0 heterocycles. The number of carbonyl (C=O) groups is 1. The molecule has 3 rings (SSSR count). The van der Waals surface area contributed by atoms with E-state index in [0.29, 0.717) is 15.7 Å². The van der Waals surface area contributed by atoms with E-state index in [1.165, 1.54) is 0 Å². The molecule has 3 nitrogen and oxygen atoms in total. The number of carbonyl (C=O) groups excluding carboxylic acids is 1. The molecule has 0 bridgehead atoms. The molecule has 2 aromatic carbocycles. The lowest BCUT2D eigenvalue weighted by molar-refractivity contribution is 0.239. The molecule has 0 aromatic heterocycles. The number of urea groups is 1. The number of anilines is 1. The molecule has 24 heavy (non-hydrogen) atoms. The van der Waals surface area contributed by atoms with Gasteiger partial charge in [-0.25, -0.2) is 4.79 Å². The highest BCUT2D eigenvalue weighted by atomic mass is 35.5. The molecule has 5 heteroatoms. The average Bonchev–Trinajstić information content (AvgIpc) is 2.93. The summed E-state index contributed by atoms with van der Waals surface area (Å²) in [5.74, 6) is 0. The Balaban J connectivity index is 1.88. The number of halogens is 2. The second-order valence-corrected chi connectivity index (χ2v) is 7.37. The summed E-state index contributed by atoms with van der Waals surface area (Å²) in [4.78, 5) is 12.5.